The quantitative estimate of drug-likeness (QED) is 0.399. The number of rotatable bonds is 10. The monoisotopic (exact) mass is 293 g/mol. The van der Waals surface area contributed by atoms with Gasteiger partial charge in [-0.25, -0.2) is 4.79 Å². The third-order valence-corrected chi connectivity index (χ3v) is 3.19. The predicted molar refractivity (Wildman–Crippen MR) is 85.7 cm³/mol. The molecule has 2 N–H and O–H groups in total. The minimum absolute atomic E-state index is 0.338. The number of unbranched alkanes of at least 4 members (excludes halogenated alkanes) is 4. The van der Waals surface area contributed by atoms with Crippen LogP contribution in [0.15, 0.2) is 18.2 Å². The first-order chi connectivity index (χ1) is 10.2. The molecule has 0 saturated heterocycles. The standard InChI is InChI=1S/C17H27NO3/c1-3-5-6-7-8-12-20-16-10-9-14(13-15(16)18)17(19)21-11-4-2/h9-10,13H,3-8,11-12,18H2,1-2H3. The number of hydrogen-bond acceptors (Lipinski definition) is 4. The molecular formula is C17H27NO3. The maximum Gasteiger partial charge on any atom is 0.338 e. The number of nitrogens with two attached hydrogens (primary N) is 1. The molecule has 1 rings (SSSR count). The van der Waals surface area contributed by atoms with Gasteiger partial charge in [-0.15, -0.1) is 0 Å². The van der Waals surface area contributed by atoms with Crippen molar-refractivity contribution in [2.75, 3.05) is 18.9 Å². The van der Waals surface area contributed by atoms with E-state index in [0.29, 0.717) is 30.2 Å². The van der Waals surface area contributed by atoms with Gasteiger partial charge in [-0.3, -0.25) is 0 Å². The van der Waals surface area contributed by atoms with Crippen LogP contribution >= 0.6 is 0 Å². The SMILES string of the molecule is CCCCCCCOc1ccc(C(=O)OCCC)cc1N. The average molecular weight is 293 g/mol. The van der Waals surface area contributed by atoms with E-state index in [-0.39, 0.29) is 5.97 Å². The average Bonchev–Trinajstić information content (AvgIpc) is 2.49. The molecule has 1 aromatic carbocycles. The van der Waals surface area contributed by atoms with Crippen molar-refractivity contribution in [2.45, 2.75) is 52.4 Å². The summed E-state index contributed by atoms with van der Waals surface area (Å²) < 4.78 is 10.7. The summed E-state index contributed by atoms with van der Waals surface area (Å²) in [6, 6.07) is 5.05. The van der Waals surface area contributed by atoms with E-state index in [1.807, 2.05) is 6.92 Å². The van der Waals surface area contributed by atoms with Gasteiger partial charge in [0, 0.05) is 0 Å². The third kappa shape index (κ3) is 6.52. The van der Waals surface area contributed by atoms with Crippen LogP contribution in [0.2, 0.25) is 0 Å². The molecule has 0 aliphatic rings. The fourth-order valence-corrected chi connectivity index (χ4v) is 1.97. The summed E-state index contributed by atoms with van der Waals surface area (Å²) in [6.45, 7) is 5.24. The Morgan fingerprint density at radius 1 is 1.05 bits per heavy atom. The molecule has 0 aromatic heterocycles. The minimum Gasteiger partial charge on any atom is -0.491 e. The highest BCUT2D eigenvalue weighted by Crippen LogP contribution is 2.23. The first-order valence-corrected chi connectivity index (χ1v) is 7.88. The molecule has 0 heterocycles. The molecule has 4 nitrogen and oxygen atoms in total. The van der Waals surface area contributed by atoms with Crippen molar-refractivity contribution in [3.63, 3.8) is 0 Å². The van der Waals surface area contributed by atoms with Gasteiger partial charge in [0.15, 0.2) is 0 Å². The lowest BCUT2D eigenvalue weighted by molar-refractivity contribution is 0.0505. The summed E-state index contributed by atoms with van der Waals surface area (Å²) >= 11 is 0. The van der Waals surface area contributed by atoms with Crippen LogP contribution in [0.1, 0.15) is 62.7 Å². The summed E-state index contributed by atoms with van der Waals surface area (Å²) in [5, 5.41) is 0. The maximum absolute atomic E-state index is 11.7. The van der Waals surface area contributed by atoms with E-state index in [4.69, 9.17) is 15.2 Å². The largest absolute Gasteiger partial charge is 0.491 e. The van der Waals surface area contributed by atoms with Gasteiger partial charge >= 0.3 is 5.97 Å². The molecule has 0 radical (unpaired) electrons. The van der Waals surface area contributed by atoms with Gasteiger partial charge in [0.05, 0.1) is 24.5 Å². The summed E-state index contributed by atoms with van der Waals surface area (Å²) in [5.74, 6) is 0.298. The Bertz CT molecular complexity index is 432. The van der Waals surface area contributed by atoms with Crippen LogP contribution in [0.4, 0.5) is 5.69 Å². The Labute approximate surface area is 127 Å². The lowest BCUT2D eigenvalue weighted by Gasteiger charge is -2.10. The second-order valence-electron chi connectivity index (χ2n) is 5.15. The second-order valence-corrected chi connectivity index (χ2v) is 5.15. The summed E-state index contributed by atoms with van der Waals surface area (Å²) in [6.07, 6.45) is 6.77. The van der Waals surface area contributed by atoms with Crippen LogP contribution < -0.4 is 10.5 Å². The molecule has 0 saturated carbocycles. The van der Waals surface area contributed by atoms with Crippen molar-refractivity contribution in [2.24, 2.45) is 0 Å². The van der Waals surface area contributed by atoms with E-state index in [9.17, 15) is 4.79 Å². The molecule has 0 amide bonds. The van der Waals surface area contributed by atoms with Crippen LogP contribution in [-0.4, -0.2) is 19.2 Å². The Morgan fingerprint density at radius 3 is 2.48 bits per heavy atom. The van der Waals surface area contributed by atoms with Crippen LogP contribution in [0, 0.1) is 0 Å². The second kappa shape index (κ2) is 10.1. The normalized spacial score (nSPS) is 10.4. The third-order valence-electron chi connectivity index (χ3n) is 3.19. The zero-order chi connectivity index (χ0) is 15.5. The van der Waals surface area contributed by atoms with Gasteiger partial charge in [0.2, 0.25) is 0 Å². The van der Waals surface area contributed by atoms with Gasteiger partial charge in [0.25, 0.3) is 0 Å². The molecule has 0 aliphatic carbocycles. The van der Waals surface area contributed by atoms with Gasteiger partial charge < -0.3 is 15.2 Å². The van der Waals surface area contributed by atoms with Crippen molar-refractivity contribution in [3.05, 3.63) is 23.8 Å². The molecule has 0 atom stereocenters. The molecule has 4 heteroatoms. The van der Waals surface area contributed by atoms with Gasteiger partial charge in [-0.1, -0.05) is 39.5 Å². The Morgan fingerprint density at radius 2 is 1.81 bits per heavy atom. The maximum atomic E-state index is 11.7. The number of carbonyl (C=O) groups is 1. The lowest BCUT2D eigenvalue weighted by Crippen LogP contribution is -2.07. The molecule has 0 spiro atoms. The number of anilines is 1. The molecule has 0 aliphatic heterocycles. The van der Waals surface area contributed by atoms with Crippen molar-refractivity contribution in [1.29, 1.82) is 0 Å². The Hall–Kier alpha value is -1.71. The molecular weight excluding hydrogens is 266 g/mol. The number of carbonyl (C=O) groups excluding carboxylic acids is 1. The number of ether oxygens (including phenoxy) is 2. The molecule has 118 valence electrons. The number of nitrogen functional groups attached to an aromatic ring is 1. The van der Waals surface area contributed by atoms with E-state index < -0.39 is 0 Å². The van der Waals surface area contributed by atoms with E-state index in [0.717, 1.165) is 12.8 Å². The van der Waals surface area contributed by atoms with Crippen molar-refractivity contribution in [3.8, 4) is 5.75 Å². The predicted octanol–water partition coefficient (Wildman–Crippen LogP) is 4.18. The lowest BCUT2D eigenvalue weighted by atomic mass is 10.1. The van der Waals surface area contributed by atoms with Gasteiger partial charge in [-0.05, 0) is 31.0 Å². The van der Waals surface area contributed by atoms with Gasteiger partial charge in [0.1, 0.15) is 5.75 Å². The molecule has 0 fully saturated rings. The van der Waals surface area contributed by atoms with Crippen molar-refractivity contribution >= 4 is 11.7 Å². The summed E-state index contributed by atoms with van der Waals surface area (Å²) in [5.41, 5.74) is 6.87. The summed E-state index contributed by atoms with van der Waals surface area (Å²) in [4.78, 5) is 11.7. The number of esters is 1. The number of hydrogen-bond donors (Lipinski definition) is 1. The van der Waals surface area contributed by atoms with Crippen molar-refractivity contribution < 1.29 is 14.3 Å². The van der Waals surface area contributed by atoms with E-state index >= 15 is 0 Å². The van der Waals surface area contributed by atoms with Crippen LogP contribution in [-0.2, 0) is 4.74 Å². The van der Waals surface area contributed by atoms with Crippen LogP contribution in [0.25, 0.3) is 0 Å². The first-order valence-electron chi connectivity index (χ1n) is 7.88. The van der Waals surface area contributed by atoms with Crippen LogP contribution in [0.3, 0.4) is 0 Å². The highest BCUT2D eigenvalue weighted by molar-refractivity contribution is 5.91. The fourth-order valence-electron chi connectivity index (χ4n) is 1.97. The minimum atomic E-state index is -0.338. The van der Waals surface area contributed by atoms with Crippen LogP contribution in [0.5, 0.6) is 5.75 Å². The first kappa shape index (κ1) is 17.3. The van der Waals surface area contributed by atoms with Gasteiger partial charge in [-0.2, -0.15) is 0 Å². The van der Waals surface area contributed by atoms with E-state index in [2.05, 4.69) is 6.92 Å². The number of benzene rings is 1. The molecule has 21 heavy (non-hydrogen) atoms. The smallest absolute Gasteiger partial charge is 0.338 e. The van der Waals surface area contributed by atoms with E-state index in [1.165, 1.54) is 25.7 Å². The zero-order valence-electron chi connectivity index (χ0n) is 13.2. The van der Waals surface area contributed by atoms with Crippen molar-refractivity contribution in [1.82, 2.24) is 0 Å². The topological polar surface area (TPSA) is 61.5 Å². The molecule has 1 aromatic rings. The molecule has 0 bridgehead atoms. The molecule has 0 unspecified atom stereocenters. The zero-order valence-corrected chi connectivity index (χ0v) is 13.2. The fraction of sp³-hybridized carbons (Fsp3) is 0.588. The highest BCUT2D eigenvalue weighted by Gasteiger charge is 2.09. The summed E-state index contributed by atoms with van der Waals surface area (Å²) in [7, 11) is 0. The Balaban J connectivity index is 2.41. The highest BCUT2D eigenvalue weighted by atomic mass is 16.5. The Kier molecular flexibility index (Phi) is 8.32. The van der Waals surface area contributed by atoms with E-state index in [1.54, 1.807) is 18.2 Å².